The highest BCUT2D eigenvalue weighted by Crippen LogP contribution is 2.24. The molecule has 0 atom stereocenters. The minimum absolute atomic E-state index is 0.482. The first-order valence-corrected chi connectivity index (χ1v) is 4.42. The van der Waals surface area contributed by atoms with Gasteiger partial charge in [-0.2, -0.15) is 4.98 Å². The summed E-state index contributed by atoms with van der Waals surface area (Å²) >= 11 is 0. The van der Waals surface area contributed by atoms with Crippen LogP contribution in [0.15, 0.2) is 10.9 Å². The van der Waals surface area contributed by atoms with Crippen LogP contribution in [0.3, 0.4) is 0 Å². The molecule has 13 heavy (non-hydrogen) atoms. The van der Waals surface area contributed by atoms with Crippen molar-refractivity contribution in [2.45, 2.75) is 25.5 Å². The van der Waals surface area contributed by atoms with E-state index in [1.807, 2.05) is 6.92 Å². The van der Waals surface area contributed by atoms with Crippen molar-refractivity contribution >= 4 is 0 Å². The van der Waals surface area contributed by atoms with Crippen molar-refractivity contribution in [1.82, 2.24) is 15.0 Å². The number of β-amino-alcohol motifs (C(OH)–C–C–N with tert-alkyl or cyclic N) is 1. The fraction of sp³-hybridized carbons (Fsp3) is 0.750. The lowest BCUT2D eigenvalue weighted by molar-refractivity contribution is -0.104. The average molecular weight is 183 g/mol. The van der Waals surface area contributed by atoms with Gasteiger partial charge in [0, 0.05) is 13.1 Å². The Kier molecular flexibility index (Phi) is 2.05. The first-order valence-electron chi connectivity index (χ1n) is 4.42. The molecule has 0 aliphatic carbocycles. The molecule has 5 nitrogen and oxygen atoms in total. The molecule has 72 valence electrons. The van der Waals surface area contributed by atoms with Crippen LogP contribution in [0.5, 0.6) is 0 Å². The summed E-state index contributed by atoms with van der Waals surface area (Å²) in [6, 6.07) is 0. The van der Waals surface area contributed by atoms with Crippen molar-refractivity contribution in [2.24, 2.45) is 0 Å². The third kappa shape index (κ3) is 1.71. The van der Waals surface area contributed by atoms with E-state index in [9.17, 15) is 5.11 Å². The number of hydrogen-bond donors (Lipinski definition) is 1. The van der Waals surface area contributed by atoms with Gasteiger partial charge in [0.1, 0.15) is 0 Å². The molecule has 2 heterocycles. The van der Waals surface area contributed by atoms with Gasteiger partial charge in [0.2, 0.25) is 6.39 Å². The van der Waals surface area contributed by atoms with Crippen LogP contribution in [0.25, 0.3) is 0 Å². The van der Waals surface area contributed by atoms with Crippen molar-refractivity contribution in [3.05, 3.63) is 12.2 Å². The summed E-state index contributed by atoms with van der Waals surface area (Å²) in [6.45, 7) is 4.07. The standard InChI is InChI=1S/C8H13N3O2/c1-2-8(12)4-11(5-8)3-7-9-6-13-10-7/h6,12H,2-5H2,1H3. The van der Waals surface area contributed by atoms with Gasteiger partial charge in [-0.25, -0.2) is 0 Å². The molecule has 0 amide bonds. The van der Waals surface area contributed by atoms with Gasteiger partial charge in [0.15, 0.2) is 5.82 Å². The average Bonchev–Trinajstić information content (AvgIpc) is 2.54. The molecule has 0 aromatic carbocycles. The summed E-state index contributed by atoms with van der Waals surface area (Å²) in [5, 5.41) is 13.4. The Bertz CT molecular complexity index is 267. The van der Waals surface area contributed by atoms with Gasteiger partial charge < -0.3 is 9.63 Å². The summed E-state index contributed by atoms with van der Waals surface area (Å²) in [5.74, 6) is 0.679. The first-order chi connectivity index (χ1) is 6.22. The molecular formula is C8H13N3O2. The molecule has 1 N–H and O–H groups in total. The molecule has 0 spiro atoms. The van der Waals surface area contributed by atoms with Crippen LogP contribution in [0.4, 0.5) is 0 Å². The number of likely N-dealkylation sites (tertiary alicyclic amines) is 1. The molecule has 2 rings (SSSR count). The molecule has 1 aromatic rings. The number of aromatic nitrogens is 2. The maximum Gasteiger partial charge on any atom is 0.213 e. The molecule has 1 aliphatic rings. The summed E-state index contributed by atoms with van der Waals surface area (Å²) in [5.41, 5.74) is -0.482. The van der Waals surface area contributed by atoms with Gasteiger partial charge in [0.25, 0.3) is 0 Å². The Morgan fingerprint density at radius 2 is 2.46 bits per heavy atom. The second-order valence-corrected chi connectivity index (χ2v) is 3.57. The summed E-state index contributed by atoms with van der Waals surface area (Å²) in [6.07, 6.45) is 2.12. The Hall–Kier alpha value is -0.940. The topological polar surface area (TPSA) is 62.4 Å². The second-order valence-electron chi connectivity index (χ2n) is 3.57. The van der Waals surface area contributed by atoms with Crippen molar-refractivity contribution < 1.29 is 9.63 Å². The Morgan fingerprint density at radius 3 is 3.00 bits per heavy atom. The van der Waals surface area contributed by atoms with E-state index in [1.165, 1.54) is 6.39 Å². The van der Waals surface area contributed by atoms with E-state index in [-0.39, 0.29) is 0 Å². The van der Waals surface area contributed by atoms with Crippen LogP contribution in [-0.2, 0) is 6.54 Å². The lowest BCUT2D eigenvalue weighted by Gasteiger charge is -2.45. The molecule has 1 aromatic heterocycles. The highest BCUT2D eigenvalue weighted by atomic mass is 16.5. The first kappa shape index (κ1) is 8.65. The zero-order chi connectivity index (χ0) is 9.31. The number of hydrogen-bond acceptors (Lipinski definition) is 5. The summed E-state index contributed by atoms with van der Waals surface area (Å²) in [7, 11) is 0. The van der Waals surface area contributed by atoms with Crippen molar-refractivity contribution in [3.63, 3.8) is 0 Å². The maximum atomic E-state index is 9.71. The van der Waals surface area contributed by atoms with E-state index in [0.29, 0.717) is 25.5 Å². The molecular weight excluding hydrogens is 170 g/mol. The molecule has 0 radical (unpaired) electrons. The zero-order valence-corrected chi connectivity index (χ0v) is 7.60. The third-order valence-electron chi connectivity index (χ3n) is 2.47. The number of aliphatic hydroxyl groups is 1. The van der Waals surface area contributed by atoms with E-state index in [4.69, 9.17) is 0 Å². The fourth-order valence-corrected chi connectivity index (χ4v) is 1.58. The van der Waals surface area contributed by atoms with Gasteiger partial charge in [-0.15, -0.1) is 0 Å². The monoisotopic (exact) mass is 183 g/mol. The van der Waals surface area contributed by atoms with E-state index >= 15 is 0 Å². The van der Waals surface area contributed by atoms with E-state index in [2.05, 4.69) is 19.6 Å². The van der Waals surface area contributed by atoms with Crippen LogP contribution in [0.1, 0.15) is 19.2 Å². The Balaban J connectivity index is 1.82. The lowest BCUT2D eigenvalue weighted by Crippen LogP contribution is -2.60. The smallest absolute Gasteiger partial charge is 0.213 e. The predicted molar refractivity (Wildman–Crippen MR) is 44.8 cm³/mol. The molecule has 0 saturated carbocycles. The van der Waals surface area contributed by atoms with Crippen LogP contribution < -0.4 is 0 Å². The molecule has 1 aliphatic heterocycles. The van der Waals surface area contributed by atoms with Crippen LogP contribution in [-0.4, -0.2) is 38.8 Å². The predicted octanol–water partition coefficient (Wildman–Crippen LogP) is 0.0263. The van der Waals surface area contributed by atoms with Crippen molar-refractivity contribution in [3.8, 4) is 0 Å². The van der Waals surface area contributed by atoms with Crippen molar-refractivity contribution in [2.75, 3.05) is 13.1 Å². The Morgan fingerprint density at radius 1 is 1.69 bits per heavy atom. The molecule has 0 bridgehead atoms. The number of nitrogens with zero attached hydrogens (tertiary/aromatic N) is 3. The van der Waals surface area contributed by atoms with Crippen molar-refractivity contribution in [1.29, 1.82) is 0 Å². The SMILES string of the molecule is CCC1(O)CN(Cc2ncon2)C1. The highest BCUT2D eigenvalue weighted by molar-refractivity contribution is 4.96. The van der Waals surface area contributed by atoms with Gasteiger partial charge in [0.05, 0.1) is 12.1 Å². The van der Waals surface area contributed by atoms with E-state index in [0.717, 1.165) is 6.42 Å². The van der Waals surface area contributed by atoms with Crippen LogP contribution >= 0.6 is 0 Å². The Labute approximate surface area is 76.4 Å². The van der Waals surface area contributed by atoms with E-state index in [1.54, 1.807) is 0 Å². The quantitative estimate of drug-likeness (QED) is 0.716. The largest absolute Gasteiger partial charge is 0.387 e. The molecule has 0 unspecified atom stereocenters. The van der Waals surface area contributed by atoms with Crippen LogP contribution in [0, 0.1) is 0 Å². The minimum atomic E-state index is -0.482. The van der Waals surface area contributed by atoms with Gasteiger partial charge in [-0.3, -0.25) is 4.90 Å². The highest BCUT2D eigenvalue weighted by Gasteiger charge is 2.39. The number of rotatable bonds is 3. The zero-order valence-electron chi connectivity index (χ0n) is 7.60. The maximum absolute atomic E-state index is 9.71. The molecule has 5 heteroatoms. The van der Waals surface area contributed by atoms with Crippen LogP contribution in [0.2, 0.25) is 0 Å². The molecule has 1 saturated heterocycles. The lowest BCUT2D eigenvalue weighted by atomic mass is 9.91. The summed E-state index contributed by atoms with van der Waals surface area (Å²) in [4.78, 5) is 6.00. The summed E-state index contributed by atoms with van der Waals surface area (Å²) < 4.78 is 4.61. The second kappa shape index (κ2) is 3.08. The third-order valence-corrected chi connectivity index (χ3v) is 2.47. The fourth-order valence-electron chi connectivity index (χ4n) is 1.58. The van der Waals surface area contributed by atoms with Gasteiger partial charge in [-0.1, -0.05) is 12.1 Å². The van der Waals surface area contributed by atoms with E-state index < -0.39 is 5.60 Å². The normalized spacial score (nSPS) is 21.4. The minimum Gasteiger partial charge on any atom is -0.387 e. The van der Waals surface area contributed by atoms with Gasteiger partial charge >= 0.3 is 0 Å². The molecule has 1 fully saturated rings. The van der Waals surface area contributed by atoms with Gasteiger partial charge in [-0.05, 0) is 6.42 Å².